The summed E-state index contributed by atoms with van der Waals surface area (Å²) in [7, 11) is 0. The predicted molar refractivity (Wildman–Crippen MR) is 123 cm³/mol. The van der Waals surface area contributed by atoms with Crippen molar-refractivity contribution < 1.29 is 24.5 Å². The fourth-order valence-corrected chi connectivity index (χ4v) is 4.90. The first-order valence-corrected chi connectivity index (χ1v) is 12.1. The normalized spacial score (nSPS) is 25.5. The van der Waals surface area contributed by atoms with Gasteiger partial charge in [-0.15, -0.1) is 0 Å². The first-order chi connectivity index (χ1) is 15.6. The van der Waals surface area contributed by atoms with Crippen LogP contribution in [0.5, 0.6) is 11.5 Å². The molecule has 2 aliphatic carbocycles. The molecule has 2 saturated carbocycles. The molecule has 178 valence electrons. The SMILES string of the molecule is O=C(O)N[C@H]1CC[C@H](CCN2CCN(c3cccc4c3OCO4)CC2)CC1.OC1CCC1. The van der Waals surface area contributed by atoms with E-state index in [1.54, 1.807) is 0 Å². The zero-order valence-corrected chi connectivity index (χ0v) is 18.9. The molecular formula is C24H37N3O5. The molecule has 8 nitrogen and oxygen atoms in total. The van der Waals surface area contributed by atoms with Gasteiger partial charge in [0.25, 0.3) is 0 Å². The minimum atomic E-state index is -0.891. The zero-order chi connectivity index (χ0) is 22.3. The summed E-state index contributed by atoms with van der Waals surface area (Å²) in [5.41, 5.74) is 1.15. The van der Waals surface area contributed by atoms with E-state index in [0.29, 0.717) is 6.79 Å². The van der Waals surface area contributed by atoms with E-state index in [4.69, 9.17) is 19.7 Å². The number of aliphatic hydroxyl groups is 1. The van der Waals surface area contributed by atoms with Crippen molar-refractivity contribution in [1.82, 2.24) is 10.2 Å². The summed E-state index contributed by atoms with van der Waals surface area (Å²) in [5.74, 6) is 2.47. The van der Waals surface area contributed by atoms with Crippen LogP contribution in [0.2, 0.25) is 0 Å². The Labute approximate surface area is 190 Å². The molecule has 8 heteroatoms. The van der Waals surface area contributed by atoms with E-state index >= 15 is 0 Å². The number of piperazine rings is 1. The minimum Gasteiger partial charge on any atom is -0.465 e. The number of carboxylic acid groups (broad SMARTS) is 1. The van der Waals surface area contributed by atoms with Crippen molar-refractivity contribution in [3.8, 4) is 11.5 Å². The Hall–Kier alpha value is -2.19. The highest BCUT2D eigenvalue weighted by Crippen LogP contribution is 2.41. The molecule has 0 aromatic heterocycles. The Morgan fingerprint density at radius 2 is 1.75 bits per heavy atom. The van der Waals surface area contributed by atoms with Crippen LogP contribution in [0, 0.1) is 5.92 Å². The Morgan fingerprint density at radius 3 is 2.38 bits per heavy atom. The van der Waals surface area contributed by atoms with Crippen molar-refractivity contribution in [2.45, 2.75) is 63.5 Å². The molecule has 32 heavy (non-hydrogen) atoms. The molecule has 1 amide bonds. The summed E-state index contributed by atoms with van der Waals surface area (Å²) in [4.78, 5) is 15.7. The second kappa shape index (κ2) is 11.1. The number of nitrogens with zero attached hydrogens (tertiary/aromatic N) is 2. The molecule has 4 aliphatic rings. The predicted octanol–water partition coefficient (Wildman–Crippen LogP) is 3.29. The van der Waals surface area contributed by atoms with Crippen molar-refractivity contribution in [3.05, 3.63) is 18.2 Å². The maximum Gasteiger partial charge on any atom is 0.404 e. The smallest absolute Gasteiger partial charge is 0.404 e. The lowest BCUT2D eigenvalue weighted by Crippen LogP contribution is -2.47. The van der Waals surface area contributed by atoms with Crippen molar-refractivity contribution in [3.63, 3.8) is 0 Å². The Bertz CT molecular complexity index is 741. The van der Waals surface area contributed by atoms with E-state index in [-0.39, 0.29) is 12.1 Å². The quantitative estimate of drug-likeness (QED) is 0.638. The van der Waals surface area contributed by atoms with Crippen molar-refractivity contribution in [2.24, 2.45) is 5.92 Å². The first kappa shape index (κ1) is 23.0. The summed E-state index contributed by atoms with van der Waals surface area (Å²) in [5, 5.41) is 19.9. The Kier molecular flexibility index (Phi) is 7.97. The largest absolute Gasteiger partial charge is 0.465 e. The average Bonchev–Trinajstić information content (AvgIpc) is 3.27. The lowest BCUT2D eigenvalue weighted by Gasteiger charge is -2.37. The fourth-order valence-electron chi connectivity index (χ4n) is 4.90. The molecule has 0 radical (unpaired) electrons. The molecule has 1 aromatic rings. The number of hydrogen-bond acceptors (Lipinski definition) is 6. The van der Waals surface area contributed by atoms with Gasteiger partial charge in [0.15, 0.2) is 11.5 Å². The van der Waals surface area contributed by atoms with E-state index in [0.717, 1.165) is 94.4 Å². The van der Waals surface area contributed by atoms with Gasteiger partial charge in [-0.2, -0.15) is 0 Å². The number of para-hydroxylation sites is 1. The van der Waals surface area contributed by atoms with Gasteiger partial charge in [0, 0.05) is 32.2 Å². The number of benzene rings is 1. The van der Waals surface area contributed by atoms with Gasteiger partial charge < -0.3 is 29.9 Å². The fraction of sp³-hybridized carbons (Fsp3) is 0.708. The molecule has 3 N–H and O–H groups in total. The summed E-state index contributed by atoms with van der Waals surface area (Å²) in [6.45, 7) is 5.61. The standard InChI is InChI=1S/C20H29N3O4.C4H8O/c24-20(25)21-16-6-4-15(5-7-16)8-9-22-10-12-23(13-11-22)17-2-1-3-18-19(17)27-14-26-18;5-4-2-1-3-4/h1-3,15-16,21H,4-14H2,(H,24,25);4-5H,1-3H2/t15-,16-;. The second-order valence-electron chi connectivity index (χ2n) is 9.38. The number of anilines is 1. The number of nitrogens with one attached hydrogen (secondary N) is 1. The van der Waals surface area contributed by atoms with Crippen LogP contribution >= 0.6 is 0 Å². The summed E-state index contributed by atoms with van der Waals surface area (Å²) < 4.78 is 11.1. The van der Waals surface area contributed by atoms with E-state index in [9.17, 15) is 4.79 Å². The number of carbonyl (C=O) groups is 1. The van der Waals surface area contributed by atoms with Crippen molar-refractivity contribution in [2.75, 3.05) is 44.4 Å². The number of rotatable bonds is 5. The van der Waals surface area contributed by atoms with Gasteiger partial charge in [0.05, 0.1) is 11.8 Å². The highest BCUT2D eigenvalue weighted by atomic mass is 16.7. The van der Waals surface area contributed by atoms with Gasteiger partial charge in [-0.1, -0.05) is 6.07 Å². The summed E-state index contributed by atoms with van der Waals surface area (Å²) in [6.07, 6.45) is 7.94. The molecule has 0 atom stereocenters. The number of fused-ring (bicyclic) bond motifs is 1. The number of hydrogen-bond donors (Lipinski definition) is 3. The number of ether oxygens (including phenoxy) is 2. The van der Waals surface area contributed by atoms with Gasteiger partial charge in [0.1, 0.15) is 0 Å². The van der Waals surface area contributed by atoms with Gasteiger partial charge >= 0.3 is 6.09 Å². The number of amides is 1. The summed E-state index contributed by atoms with van der Waals surface area (Å²) in [6, 6.07) is 6.27. The number of aliphatic hydroxyl groups excluding tert-OH is 1. The van der Waals surface area contributed by atoms with Gasteiger partial charge in [-0.3, -0.25) is 4.90 Å². The van der Waals surface area contributed by atoms with E-state index < -0.39 is 6.09 Å². The molecule has 2 aliphatic heterocycles. The monoisotopic (exact) mass is 447 g/mol. The molecule has 1 aromatic carbocycles. The third-order valence-corrected chi connectivity index (χ3v) is 7.19. The maximum atomic E-state index is 10.7. The van der Waals surface area contributed by atoms with Crippen LogP contribution in [0.15, 0.2) is 18.2 Å². The second-order valence-corrected chi connectivity index (χ2v) is 9.38. The summed E-state index contributed by atoms with van der Waals surface area (Å²) >= 11 is 0. The molecule has 0 bridgehead atoms. The Morgan fingerprint density at radius 1 is 1.03 bits per heavy atom. The lowest BCUT2D eigenvalue weighted by molar-refractivity contribution is 0.0950. The minimum absolute atomic E-state index is 0.0648. The first-order valence-electron chi connectivity index (χ1n) is 12.1. The zero-order valence-electron chi connectivity index (χ0n) is 18.9. The molecule has 0 unspecified atom stereocenters. The molecule has 1 saturated heterocycles. The lowest BCUT2D eigenvalue weighted by atomic mass is 9.84. The average molecular weight is 448 g/mol. The van der Waals surface area contributed by atoms with Crippen molar-refractivity contribution >= 4 is 11.8 Å². The van der Waals surface area contributed by atoms with Crippen LogP contribution in [-0.2, 0) is 0 Å². The van der Waals surface area contributed by atoms with Crippen LogP contribution in [-0.4, -0.2) is 72.9 Å². The van der Waals surface area contributed by atoms with Crippen LogP contribution < -0.4 is 19.7 Å². The van der Waals surface area contributed by atoms with Crippen LogP contribution in [0.25, 0.3) is 0 Å². The Balaban J connectivity index is 0.000000433. The van der Waals surface area contributed by atoms with Crippen LogP contribution in [0.4, 0.5) is 10.5 Å². The van der Waals surface area contributed by atoms with Crippen LogP contribution in [0.1, 0.15) is 51.4 Å². The third kappa shape index (κ3) is 6.19. The highest BCUT2D eigenvalue weighted by molar-refractivity contribution is 5.66. The van der Waals surface area contributed by atoms with Gasteiger partial charge in [-0.05, 0) is 76.0 Å². The van der Waals surface area contributed by atoms with E-state index in [2.05, 4.69) is 21.2 Å². The van der Waals surface area contributed by atoms with Gasteiger partial charge in [0.2, 0.25) is 6.79 Å². The third-order valence-electron chi connectivity index (χ3n) is 7.19. The molecular weight excluding hydrogens is 410 g/mol. The highest BCUT2D eigenvalue weighted by Gasteiger charge is 2.26. The van der Waals surface area contributed by atoms with Gasteiger partial charge in [-0.25, -0.2) is 4.79 Å². The molecule has 3 fully saturated rings. The van der Waals surface area contributed by atoms with E-state index in [1.807, 2.05) is 12.1 Å². The molecule has 0 spiro atoms. The van der Waals surface area contributed by atoms with E-state index in [1.165, 1.54) is 12.8 Å². The van der Waals surface area contributed by atoms with Crippen LogP contribution in [0.3, 0.4) is 0 Å². The van der Waals surface area contributed by atoms with Crippen molar-refractivity contribution in [1.29, 1.82) is 0 Å². The topological polar surface area (TPSA) is 94.5 Å². The molecule has 2 heterocycles. The maximum absolute atomic E-state index is 10.7. The molecule has 5 rings (SSSR count).